The highest BCUT2D eigenvalue weighted by molar-refractivity contribution is 5.34. The molecule has 2 aromatic carbocycles. The van der Waals surface area contributed by atoms with Crippen LogP contribution in [0.5, 0.6) is 17.2 Å². The molecule has 1 saturated carbocycles. The fourth-order valence-electron chi connectivity index (χ4n) is 3.40. The van der Waals surface area contributed by atoms with Crippen LogP contribution >= 0.6 is 0 Å². The van der Waals surface area contributed by atoms with Crippen molar-refractivity contribution in [3.05, 3.63) is 54.1 Å². The second kappa shape index (κ2) is 11.6. The monoisotopic (exact) mass is 385 g/mol. The Kier molecular flexibility index (Phi) is 8.47. The highest BCUT2D eigenvalue weighted by Gasteiger charge is 2.13. The van der Waals surface area contributed by atoms with Crippen molar-refractivity contribution in [1.29, 1.82) is 0 Å². The summed E-state index contributed by atoms with van der Waals surface area (Å²) in [5.74, 6) is 2.45. The van der Waals surface area contributed by atoms with Gasteiger partial charge in [-0.25, -0.2) is 0 Å². The lowest BCUT2D eigenvalue weighted by Crippen LogP contribution is -2.29. The second-order valence-corrected chi connectivity index (χ2v) is 6.97. The molecular weight excluding hydrogens is 354 g/mol. The Hall–Kier alpha value is -2.24. The molecule has 0 heterocycles. The predicted octanol–water partition coefficient (Wildman–Crippen LogP) is 4.20. The van der Waals surface area contributed by atoms with Gasteiger partial charge in [0.05, 0.1) is 20.3 Å². The highest BCUT2D eigenvalue weighted by Crippen LogP contribution is 2.22. The van der Waals surface area contributed by atoms with E-state index in [1.807, 2.05) is 48.5 Å². The average Bonchev–Trinajstić information content (AvgIpc) is 3.26. The third-order valence-electron chi connectivity index (χ3n) is 4.94. The summed E-state index contributed by atoms with van der Waals surface area (Å²) < 4.78 is 22.5. The molecule has 3 rings (SSSR count). The summed E-state index contributed by atoms with van der Waals surface area (Å²) in [6.45, 7) is 3.26. The number of hydrogen-bond donors (Lipinski definition) is 1. The van der Waals surface area contributed by atoms with Crippen molar-refractivity contribution in [2.75, 3.05) is 33.5 Å². The van der Waals surface area contributed by atoms with E-state index in [9.17, 15) is 0 Å². The number of nitrogens with one attached hydrogen (secondary N) is 1. The molecule has 0 aromatic heterocycles. The Morgan fingerprint density at radius 2 is 1.57 bits per heavy atom. The summed E-state index contributed by atoms with van der Waals surface area (Å²) in [4.78, 5) is 0. The molecule has 1 N–H and O–H groups in total. The molecule has 1 aliphatic rings. The molecule has 0 bridgehead atoms. The topological polar surface area (TPSA) is 49.0 Å². The number of rotatable bonds is 12. The van der Waals surface area contributed by atoms with Gasteiger partial charge in [-0.2, -0.15) is 0 Å². The predicted molar refractivity (Wildman–Crippen MR) is 110 cm³/mol. The highest BCUT2D eigenvalue weighted by atomic mass is 16.5. The lowest BCUT2D eigenvalue weighted by atomic mass is 10.2. The number of methoxy groups -OCH3 is 1. The summed E-state index contributed by atoms with van der Waals surface area (Å²) in [5, 5.41) is 3.54. The van der Waals surface area contributed by atoms with Crippen molar-refractivity contribution in [1.82, 2.24) is 5.32 Å². The first-order valence-corrected chi connectivity index (χ1v) is 10.1. The lowest BCUT2D eigenvalue weighted by Gasteiger charge is -2.12. The van der Waals surface area contributed by atoms with E-state index in [0.717, 1.165) is 36.0 Å². The van der Waals surface area contributed by atoms with E-state index in [2.05, 4.69) is 5.32 Å². The Morgan fingerprint density at radius 1 is 0.857 bits per heavy atom. The van der Waals surface area contributed by atoms with Crippen molar-refractivity contribution < 1.29 is 18.9 Å². The number of benzene rings is 2. The minimum Gasteiger partial charge on any atom is -0.496 e. The molecule has 0 amide bonds. The summed E-state index contributed by atoms with van der Waals surface area (Å²) in [6.07, 6.45) is 5.33. The van der Waals surface area contributed by atoms with Crippen LogP contribution in [0.25, 0.3) is 0 Å². The normalized spacial score (nSPS) is 14.2. The first-order chi connectivity index (χ1) is 13.8. The number of para-hydroxylation sites is 1. The smallest absolute Gasteiger partial charge is 0.125 e. The van der Waals surface area contributed by atoms with E-state index in [4.69, 9.17) is 18.9 Å². The van der Waals surface area contributed by atoms with Crippen LogP contribution < -0.4 is 19.5 Å². The van der Waals surface area contributed by atoms with Gasteiger partial charge in [-0.15, -0.1) is 0 Å². The standard InChI is InChI=1S/C23H31NO4/c1-25-23-9-5-2-6-19(23)18-28-22-12-10-21(11-13-22)27-17-16-26-15-14-24-20-7-3-4-8-20/h2,5-6,9-13,20,24H,3-4,7-8,14-18H2,1H3. The molecule has 0 spiro atoms. The van der Waals surface area contributed by atoms with Crippen LogP contribution in [0.15, 0.2) is 48.5 Å². The molecule has 1 aliphatic carbocycles. The quantitative estimate of drug-likeness (QED) is 0.555. The molecule has 0 atom stereocenters. The van der Waals surface area contributed by atoms with Gasteiger partial charge in [-0.3, -0.25) is 0 Å². The van der Waals surface area contributed by atoms with Gasteiger partial charge in [-0.05, 0) is 43.2 Å². The average molecular weight is 386 g/mol. The van der Waals surface area contributed by atoms with Crippen molar-refractivity contribution in [2.24, 2.45) is 0 Å². The van der Waals surface area contributed by atoms with Gasteiger partial charge in [0.15, 0.2) is 0 Å². The fourth-order valence-corrected chi connectivity index (χ4v) is 3.40. The maximum absolute atomic E-state index is 5.83. The molecule has 1 fully saturated rings. The molecule has 5 heteroatoms. The van der Waals surface area contributed by atoms with Crippen LogP contribution in [0.2, 0.25) is 0 Å². The summed E-state index contributed by atoms with van der Waals surface area (Å²) in [6, 6.07) is 16.2. The van der Waals surface area contributed by atoms with Gasteiger partial charge >= 0.3 is 0 Å². The van der Waals surface area contributed by atoms with E-state index in [1.165, 1.54) is 25.7 Å². The largest absolute Gasteiger partial charge is 0.496 e. The third kappa shape index (κ3) is 6.73. The van der Waals surface area contributed by atoms with Gasteiger partial charge in [-0.1, -0.05) is 31.0 Å². The second-order valence-electron chi connectivity index (χ2n) is 6.97. The number of ether oxygens (including phenoxy) is 4. The molecule has 0 saturated heterocycles. The summed E-state index contributed by atoms with van der Waals surface area (Å²) >= 11 is 0. The first-order valence-electron chi connectivity index (χ1n) is 10.1. The van der Waals surface area contributed by atoms with Crippen LogP contribution in [0.4, 0.5) is 0 Å². The SMILES string of the molecule is COc1ccccc1COc1ccc(OCCOCCNC2CCCC2)cc1. The Balaban J connectivity index is 1.28. The lowest BCUT2D eigenvalue weighted by molar-refractivity contribution is 0.100. The molecular formula is C23H31NO4. The minimum atomic E-state index is 0.465. The van der Waals surface area contributed by atoms with Gasteiger partial charge < -0.3 is 24.3 Å². The van der Waals surface area contributed by atoms with E-state index in [0.29, 0.717) is 25.9 Å². The first kappa shape index (κ1) is 20.5. The van der Waals surface area contributed by atoms with Crippen molar-refractivity contribution in [3.8, 4) is 17.2 Å². The van der Waals surface area contributed by atoms with E-state index < -0.39 is 0 Å². The molecule has 0 radical (unpaired) electrons. The zero-order valence-corrected chi connectivity index (χ0v) is 16.7. The van der Waals surface area contributed by atoms with E-state index in [1.54, 1.807) is 7.11 Å². The van der Waals surface area contributed by atoms with Gasteiger partial charge in [0.1, 0.15) is 30.5 Å². The van der Waals surface area contributed by atoms with Crippen molar-refractivity contribution >= 4 is 0 Å². The van der Waals surface area contributed by atoms with Crippen LogP contribution in [0.3, 0.4) is 0 Å². The molecule has 2 aromatic rings. The Labute approximate surface area is 168 Å². The molecule has 0 aliphatic heterocycles. The fraction of sp³-hybridized carbons (Fsp3) is 0.478. The van der Waals surface area contributed by atoms with Crippen molar-refractivity contribution in [2.45, 2.75) is 38.3 Å². The van der Waals surface area contributed by atoms with E-state index >= 15 is 0 Å². The molecule has 28 heavy (non-hydrogen) atoms. The van der Waals surface area contributed by atoms with E-state index in [-0.39, 0.29) is 0 Å². The minimum absolute atomic E-state index is 0.465. The molecule has 152 valence electrons. The maximum Gasteiger partial charge on any atom is 0.125 e. The summed E-state index contributed by atoms with van der Waals surface area (Å²) in [7, 11) is 1.67. The Morgan fingerprint density at radius 3 is 2.32 bits per heavy atom. The zero-order chi connectivity index (χ0) is 19.4. The molecule has 0 unspecified atom stereocenters. The molecule has 5 nitrogen and oxygen atoms in total. The Bertz CT molecular complexity index is 683. The summed E-state index contributed by atoms with van der Waals surface area (Å²) in [5.41, 5.74) is 1.02. The van der Waals surface area contributed by atoms with Crippen molar-refractivity contribution in [3.63, 3.8) is 0 Å². The van der Waals surface area contributed by atoms with Gasteiger partial charge in [0.2, 0.25) is 0 Å². The zero-order valence-electron chi connectivity index (χ0n) is 16.7. The van der Waals surface area contributed by atoms with Gasteiger partial charge in [0.25, 0.3) is 0 Å². The maximum atomic E-state index is 5.83. The van der Waals surface area contributed by atoms with Crippen LogP contribution in [-0.4, -0.2) is 39.5 Å². The van der Waals surface area contributed by atoms with Crippen LogP contribution in [-0.2, 0) is 11.3 Å². The van der Waals surface area contributed by atoms with Crippen LogP contribution in [0.1, 0.15) is 31.2 Å². The van der Waals surface area contributed by atoms with Crippen LogP contribution in [0, 0.1) is 0 Å². The third-order valence-corrected chi connectivity index (χ3v) is 4.94. The van der Waals surface area contributed by atoms with Gasteiger partial charge in [0, 0.05) is 18.2 Å². The number of hydrogen-bond acceptors (Lipinski definition) is 5.